The first kappa shape index (κ1) is 14.2. The first-order chi connectivity index (χ1) is 9.05. The third-order valence-corrected chi connectivity index (χ3v) is 4.70. The van der Waals surface area contributed by atoms with E-state index < -0.39 is 13.6 Å². The molecular formula is C15H19O3P. The third-order valence-electron chi connectivity index (χ3n) is 3.20. The van der Waals surface area contributed by atoms with Gasteiger partial charge < -0.3 is 0 Å². The molecule has 0 bridgehead atoms. The fraction of sp³-hybridized carbons (Fsp3) is 0.200. The zero-order valence-corrected chi connectivity index (χ0v) is 11.6. The summed E-state index contributed by atoms with van der Waals surface area (Å²) in [6, 6.07) is 19.2. The molecule has 0 saturated heterocycles. The maximum atomic E-state index is 9.65. The topological polar surface area (TPSA) is 60.7 Å². The molecule has 2 aromatic carbocycles. The van der Waals surface area contributed by atoms with Gasteiger partial charge in [0.25, 0.3) is 0 Å². The van der Waals surface area contributed by atoms with Crippen molar-refractivity contribution in [3.63, 3.8) is 0 Å². The SMILES string of the molecule is O[PH](O)(O)C(Cc1ccccc1)Cc1ccccc1. The van der Waals surface area contributed by atoms with Crippen LogP contribution in [-0.4, -0.2) is 20.3 Å². The summed E-state index contributed by atoms with van der Waals surface area (Å²) in [6.07, 6.45) is 0.927. The monoisotopic (exact) mass is 278 g/mol. The molecule has 4 heteroatoms. The average Bonchev–Trinajstić information content (AvgIpc) is 2.39. The van der Waals surface area contributed by atoms with Crippen molar-refractivity contribution >= 4 is 7.94 Å². The Hall–Kier alpha value is -1.25. The molecule has 19 heavy (non-hydrogen) atoms. The van der Waals surface area contributed by atoms with Gasteiger partial charge in [-0.1, -0.05) is 0 Å². The Morgan fingerprint density at radius 3 is 1.37 bits per heavy atom. The summed E-state index contributed by atoms with van der Waals surface area (Å²) in [7, 11) is -4.15. The van der Waals surface area contributed by atoms with Gasteiger partial charge in [0, 0.05) is 0 Å². The van der Waals surface area contributed by atoms with Crippen molar-refractivity contribution in [1.29, 1.82) is 0 Å². The molecule has 0 fully saturated rings. The maximum absolute atomic E-state index is 9.65. The first-order valence-electron chi connectivity index (χ1n) is 6.30. The molecule has 3 nitrogen and oxygen atoms in total. The van der Waals surface area contributed by atoms with Gasteiger partial charge in [-0.25, -0.2) is 0 Å². The Bertz CT molecular complexity index is 452. The molecule has 0 unspecified atom stereocenters. The van der Waals surface area contributed by atoms with Gasteiger partial charge in [0.15, 0.2) is 0 Å². The molecule has 0 atom stereocenters. The van der Waals surface area contributed by atoms with E-state index in [0.717, 1.165) is 11.1 Å². The molecule has 0 radical (unpaired) electrons. The van der Waals surface area contributed by atoms with Crippen LogP contribution in [0, 0.1) is 0 Å². The fourth-order valence-electron chi connectivity index (χ4n) is 2.14. The molecule has 102 valence electrons. The van der Waals surface area contributed by atoms with E-state index in [0.29, 0.717) is 12.8 Å². The molecule has 2 aromatic rings. The molecule has 0 aliphatic heterocycles. The fourth-order valence-corrected chi connectivity index (χ4v) is 3.16. The van der Waals surface area contributed by atoms with E-state index in [-0.39, 0.29) is 0 Å². The Morgan fingerprint density at radius 2 is 1.05 bits per heavy atom. The van der Waals surface area contributed by atoms with Crippen molar-refractivity contribution in [2.75, 3.05) is 0 Å². The van der Waals surface area contributed by atoms with Gasteiger partial charge in [0.05, 0.1) is 0 Å². The summed E-state index contributed by atoms with van der Waals surface area (Å²) in [5.41, 5.74) is 1.47. The molecule has 0 amide bonds. The van der Waals surface area contributed by atoms with E-state index in [9.17, 15) is 14.7 Å². The van der Waals surface area contributed by atoms with E-state index in [4.69, 9.17) is 0 Å². The molecule has 0 aliphatic rings. The van der Waals surface area contributed by atoms with Crippen LogP contribution in [0.25, 0.3) is 0 Å². The van der Waals surface area contributed by atoms with Crippen molar-refractivity contribution in [2.24, 2.45) is 0 Å². The summed E-state index contributed by atoms with van der Waals surface area (Å²) in [4.78, 5) is 29.0. The third kappa shape index (κ3) is 4.41. The number of hydrogen-bond acceptors (Lipinski definition) is 3. The molecule has 0 aromatic heterocycles. The van der Waals surface area contributed by atoms with Crippen LogP contribution >= 0.6 is 7.94 Å². The van der Waals surface area contributed by atoms with Gasteiger partial charge >= 0.3 is 113 Å². The van der Waals surface area contributed by atoms with Gasteiger partial charge in [-0.05, 0) is 0 Å². The summed E-state index contributed by atoms with van der Waals surface area (Å²) in [5.74, 6) is 0. The summed E-state index contributed by atoms with van der Waals surface area (Å²) in [6.45, 7) is 0. The van der Waals surface area contributed by atoms with E-state index in [1.54, 1.807) is 0 Å². The summed E-state index contributed by atoms with van der Waals surface area (Å²) < 4.78 is 0. The van der Waals surface area contributed by atoms with Crippen molar-refractivity contribution in [3.8, 4) is 0 Å². The molecule has 3 N–H and O–H groups in total. The van der Waals surface area contributed by atoms with Crippen LogP contribution in [0.4, 0.5) is 0 Å². The molecule has 0 spiro atoms. The zero-order chi connectivity index (χ0) is 13.7. The Morgan fingerprint density at radius 1 is 0.684 bits per heavy atom. The van der Waals surface area contributed by atoms with Crippen LogP contribution in [0.5, 0.6) is 0 Å². The summed E-state index contributed by atoms with van der Waals surface area (Å²) >= 11 is 0. The molecule has 0 heterocycles. The van der Waals surface area contributed by atoms with Crippen LogP contribution in [0.3, 0.4) is 0 Å². The molecular weight excluding hydrogens is 259 g/mol. The minimum atomic E-state index is -4.15. The quantitative estimate of drug-likeness (QED) is 0.736. The average molecular weight is 278 g/mol. The van der Waals surface area contributed by atoms with Gasteiger partial charge in [-0.15, -0.1) is 0 Å². The normalized spacial score (nSPS) is 12.6. The standard InChI is InChI=1S/C15H19O3P/c16-19(17,18)15(11-13-7-3-1-4-8-13)12-14-9-5-2-6-10-14/h1-10,15-19H,11-12H2. The Labute approximate surface area is 113 Å². The summed E-state index contributed by atoms with van der Waals surface area (Å²) in [5, 5.41) is 0. The zero-order valence-electron chi connectivity index (χ0n) is 10.6. The van der Waals surface area contributed by atoms with Crippen LogP contribution in [-0.2, 0) is 12.8 Å². The Kier molecular flexibility index (Phi) is 4.67. The van der Waals surface area contributed by atoms with Crippen molar-refractivity contribution in [2.45, 2.75) is 18.5 Å². The van der Waals surface area contributed by atoms with Gasteiger partial charge in [-0.2, -0.15) is 0 Å². The molecule has 0 saturated carbocycles. The van der Waals surface area contributed by atoms with Crippen molar-refractivity contribution in [1.82, 2.24) is 0 Å². The van der Waals surface area contributed by atoms with E-state index in [1.807, 2.05) is 60.7 Å². The minimum absolute atomic E-state index is 0.464. The molecule has 0 aliphatic carbocycles. The number of hydrogen-bond donors (Lipinski definition) is 3. The van der Waals surface area contributed by atoms with Crippen LogP contribution in [0.1, 0.15) is 11.1 Å². The second-order valence-electron chi connectivity index (χ2n) is 4.76. The first-order valence-corrected chi connectivity index (χ1v) is 8.22. The van der Waals surface area contributed by atoms with E-state index in [2.05, 4.69) is 0 Å². The van der Waals surface area contributed by atoms with Gasteiger partial charge in [-0.3, -0.25) is 0 Å². The second kappa shape index (κ2) is 6.27. The number of benzene rings is 2. The van der Waals surface area contributed by atoms with Crippen molar-refractivity contribution in [3.05, 3.63) is 71.8 Å². The van der Waals surface area contributed by atoms with Crippen molar-refractivity contribution < 1.29 is 14.7 Å². The van der Waals surface area contributed by atoms with Crippen LogP contribution in [0.2, 0.25) is 0 Å². The van der Waals surface area contributed by atoms with Crippen LogP contribution < -0.4 is 0 Å². The van der Waals surface area contributed by atoms with Gasteiger partial charge in [0.1, 0.15) is 0 Å². The second-order valence-corrected chi connectivity index (χ2v) is 6.95. The predicted octanol–water partition coefficient (Wildman–Crippen LogP) is 2.31. The van der Waals surface area contributed by atoms with E-state index >= 15 is 0 Å². The Balaban J connectivity index is 2.13. The van der Waals surface area contributed by atoms with Gasteiger partial charge in [0.2, 0.25) is 0 Å². The van der Waals surface area contributed by atoms with E-state index in [1.165, 1.54) is 0 Å². The predicted molar refractivity (Wildman–Crippen MR) is 79.1 cm³/mol. The number of rotatable bonds is 5. The molecule has 2 rings (SSSR count). The van der Waals surface area contributed by atoms with Crippen LogP contribution in [0.15, 0.2) is 60.7 Å².